The molecule has 0 fully saturated rings. The van der Waals surface area contributed by atoms with Crippen LogP contribution in [-0.4, -0.2) is 22.4 Å². The Bertz CT molecular complexity index is 1500. The molecule has 4 rings (SSSR count). The Morgan fingerprint density at radius 1 is 1.09 bits per heavy atom. The van der Waals surface area contributed by atoms with Crippen LogP contribution in [0.5, 0.6) is 17.4 Å². The van der Waals surface area contributed by atoms with E-state index in [0.717, 1.165) is 5.56 Å². The van der Waals surface area contributed by atoms with Gasteiger partial charge in [0, 0.05) is 6.20 Å². The number of carbonyl (C=O) groups excluding carboxylic acids is 1. The van der Waals surface area contributed by atoms with E-state index in [1.807, 2.05) is 25.1 Å². The van der Waals surface area contributed by atoms with Crippen LogP contribution in [0, 0.1) is 18.3 Å². The number of nitrogens with one attached hydrogen (secondary N) is 1. The number of aryl methyl sites for hydroxylation is 1. The molecule has 0 bridgehead atoms. The average Bonchev–Trinajstić information content (AvgIpc) is 2.85. The maximum Gasteiger partial charge on any atom is 0.269 e. The van der Waals surface area contributed by atoms with Gasteiger partial charge in [-0.3, -0.25) is 14.0 Å². The van der Waals surface area contributed by atoms with Crippen LogP contribution in [0.1, 0.15) is 11.1 Å². The van der Waals surface area contributed by atoms with Gasteiger partial charge in [-0.05, 0) is 49.4 Å². The smallest absolute Gasteiger partial charge is 0.269 e. The number of pyridine rings is 1. The molecule has 8 heteroatoms. The first-order valence-electron chi connectivity index (χ1n) is 10.3. The van der Waals surface area contributed by atoms with Crippen molar-refractivity contribution in [2.24, 2.45) is 0 Å². The third kappa shape index (κ3) is 4.64. The molecule has 8 nitrogen and oxygen atoms in total. The van der Waals surface area contributed by atoms with Gasteiger partial charge in [0.25, 0.3) is 11.5 Å². The first-order chi connectivity index (χ1) is 16.5. The summed E-state index contributed by atoms with van der Waals surface area (Å²) in [5.74, 6) is 0.178. The summed E-state index contributed by atoms with van der Waals surface area (Å²) in [7, 11) is 1.47. The molecule has 0 unspecified atom stereocenters. The number of aromatic nitrogens is 2. The topological polar surface area (TPSA) is 106 Å². The number of benzene rings is 2. The molecule has 0 saturated heterocycles. The highest BCUT2D eigenvalue weighted by Gasteiger charge is 2.18. The summed E-state index contributed by atoms with van der Waals surface area (Å²) < 4.78 is 12.5. The van der Waals surface area contributed by atoms with Gasteiger partial charge in [-0.1, -0.05) is 35.9 Å². The molecule has 34 heavy (non-hydrogen) atoms. The fraction of sp³-hybridized carbons (Fsp3) is 0.0769. The zero-order valence-electron chi connectivity index (χ0n) is 18.5. The third-order valence-corrected chi connectivity index (χ3v) is 4.98. The Morgan fingerprint density at radius 2 is 1.82 bits per heavy atom. The first-order valence-corrected chi connectivity index (χ1v) is 10.3. The molecule has 0 radical (unpaired) electrons. The number of carbonyl (C=O) groups is 1. The zero-order chi connectivity index (χ0) is 24.1. The molecule has 2 aromatic heterocycles. The van der Waals surface area contributed by atoms with Crippen LogP contribution in [0.3, 0.4) is 0 Å². The predicted octanol–water partition coefficient (Wildman–Crippen LogP) is 4.35. The standard InChI is InChI=1S/C26H20N4O4/c1-17-10-12-19(13-11-17)34-25-20(26(32)30-14-6-5-9-23(30)29-25)15-18(16-27)24(31)28-21-7-3-4-8-22(21)33-2/h3-15H,1-2H3,(H,28,31)/b18-15-. The lowest BCUT2D eigenvalue weighted by atomic mass is 10.1. The van der Waals surface area contributed by atoms with E-state index < -0.39 is 11.5 Å². The molecular formula is C26H20N4O4. The Hall–Kier alpha value is -4.90. The van der Waals surface area contributed by atoms with Gasteiger partial charge in [-0.2, -0.15) is 10.2 Å². The maximum absolute atomic E-state index is 13.3. The number of methoxy groups -OCH3 is 1. The molecule has 168 valence electrons. The average molecular weight is 452 g/mol. The molecule has 0 atom stereocenters. The molecular weight excluding hydrogens is 432 g/mol. The highest BCUT2D eigenvalue weighted by Crippen LogP contribution is 2.26. The lowest BCUT2D eigenvalue weighted by Gasteiger charge is -2.11. The van der Waals surface area contributed by atoms with Gasteiger partial charge >= 0.3 is 0 Å². The van der Waals surface area contributed by atoms with E-state index in [9.17, 15) is 14.9 Å². The molecule has 0 aliphatic carbocycles. The van der Waals surface area contributed by atoms with Crippen molar-refractivity contribution in [1.82, 2.24) is 9.38 Å². The number of hydrogen-bond acceptors (Lipinski definition) is 6. The Labute approximate surface area is 195 Å². The van der Waals surface area contributed by atoms with E-state index >= 15 is 0 Å². The minimum Gasteiger partial charge on any atom is -0.495 e. The minimum atomic E-state index is -0.703. The molecule has 0 saturated carbocycles. The quantitative estimate of drug-likeness (QED) is 0.344. The molecule has 2 heterocycles. The van der Waals surface area contributed by atoms with Crippen molar-refractivity contribution >= 4 is 23.3 Å². The van der Waals surface area contributed by atoms with Crippen molar-refractivity contribution in [3.8, 4) is 23.4 Å². The largest absolute Gasteiger partial charge is 0.495 e. The van der Waals surface area contributed by atoms with Gasteiger partial charge in [0.2, 0.25) is 5.88 Å². The summed E-state index contributed by atoms with van der Waals surface area (Å²) in [6.45, 7) is 1.94. The van der Waals surface area contributed by atoms with Crippen molar-refractivity contribution in [3.63, 3.8) is 0 Å². The normalized spacial score (nSPS) is 11.0. The molecule has 0 spiro atoms. The zero-order valence-corrected chi connectivity index (χ0v) is 18.5. The SMILES string of the molecule is COc1ccccc1NC(=O)/C(C#N)=C\c1c(Oc2ccc(C)cc2)nc2ccccn2c1=O. The van der Waals surface area contributed by atoms with Crippen LogP contribution in [0.2, 0.25) is 0 Å². The van der Waals surface area contributed by atoms with Crippen LogP contribution in [-0.2, 0) is 4.79 Å². The fourth-order valence-corrected chi connectivity index (χ4v) is 3.23. The molecule has 0 aliphatic heterocycles. The van der Waals surface area contributed by atoms with E-state index in [4.69, 9.17) is 9.47 Å². The van der Waals surface area contributed by atoms with Crippen molar-refractivity contribution < 1.29 is 14.3 Å². The highest BCUT2D eigenvalue weighted by molar-refractivity contribution is 6.10. The summed E-state index contributed by atoms with van der Waals surface area (Å²) in [4.78, 5) is 30.6. The number of para-hydroxylation sites is 2. The summed E-state index contributed by atoms with van der Waals surface area (Å²) in [6.07, 6.45) is 2.74. The molecule has 1 N–H and O–H groups in total. The number of nitrogens with zero attached hydrogens (tertiary/aromatic N) is 3. The number of fused-ring (bicyclic) bond motifs is 1. The Morgan fingerprint density at radius 3 is 2.56 bits per heavy atom. The second kappa shape index (κ2) is 9.71. The van der Waals surface area contributed by atoms with Gasteiger partial charge in [0.05, 0.1) is 12.8 Å². The monoisotopic (exact) mass is 452 g/mol. The number of ether oxygens (including phenoxy) is 2. The maximum atomic E-state index is 13.3. The molecule has 2 aromatic carbocycles. The molecule has 4 aromatic rings. The summed E-state index contributed by atoms with van der Waals surface area (Å²) >= 11 is 0. The van der Waals surface area contributed by atoms with Crippen molar-refractivity contribution in [1.29, 1.82) is 5.26 Å². The third-order valence-electron chi connectivity index (χ3n) is 4.98. The van der Waals surface area contributed by atoms with Gasteiger partial charge in [0.15, 0.2) is 0 Å². The number of hydrogen-bond donors (Lipinski definition) is 1. The molecule has 1 amide bonds. The number of rotatable bonds is 6. The predicted molar refractivity (Wildman–Crippen MR) is 128 cm³/mol. The van der Waals surface area contributed by atoms with E-state index in [1.165, 1.54) is 17.6 Å². The Balaban J connectivity index is 1.79. The molecule has 0 aliphatic rings. The van der Waals surface area contributed by atoms with Crippen LogP contribution >= 0.6 is 0 Å². The van der Waals surface area contributed by atoms with Crippen LogP contribution in [0.15, 0.2) is 83.3 Å². The van der Waals surface area contributed by atoms with E-state index in [-0.39, 0.29) is 17.0 Å². The second-order valence-corrected chi connectivity index (χ2v) is 7.30. The van der Waals surface area contributed by atoms with Gasteiger partial charge in [-0.25, -0.2) is 0 Å². The van der Waals surface area contributed by atoms with E-state index in [1.54, 1.807) is 60.8 Å². The van der Waals surface area contributed by atoms with Gasteiger partial charge < -0.3 is 14.8 Å². The van der Waals surface area contributed by atoms with Gasteiger partial charge in [0.1, 0.15) is 34.4 Å². The van der Waals surface area contributed by atoms with E-state index in [0.29, 0.717) is 22.8 Å². The summed E-state index contributed by atoms with van der Waals surface area (Å²) in [5, 5.41) is 12.3. The fourth-order valence-electron chi connectivity index (χ4n) is 3.23. The number of nitriles is 1. The van der Waals surface area contributed by atoms with E-state index in [2.05, 4.69) is 10.3 Å². The van der Waals surface area contributed by atoms with Crippen molar-refractivity contribution in [3.05, 3.63) is 100.0 Å². The number of anilines is 1. The van der Waals surface area contributed by atoms with Gasteiger partial charge in [-0.15, -0.1) is 0 Å². The lowest BCUT2D eigenvalue weighted by Crippen LogP contribution is -2.20. The summed E-state index contributed by atoms with van der Waals surface area (Å²) in [6, 6.07) is 21.0. The van der Waals surface area contributed by atoms with Crippen LogP contribution in [0.25, 0.3) is 11.7 Å². The van der Waals surface area contributed by atoms with Crippen molar-refractivity contribution in [2.75, 3.05) is 12.4 Å². The second-order valence-electron chi connectivity index (χ2n) is 7.30. The Kier molecular flexibility index (Phi) is 6.37. The first kappa shape index (κ1) is 22.3. The lowest BCUT2D eigenvalue weighted by molar-refractivity contribution is -0.112. The minimum absolute atomic E-state index is 0.0158. The van der Waals surface area contributed by atoms with Crippen LogP contribution in [0.4, 0.5) is 5.69 Å². The van der Waals surface area contributed by atoms with Crippen LogP contribution < -0.4 is 20.3 Å². The highest BCUT2D eigenvalue weighted by atomic mass is 16.5. The number of amides is 1. The van der Waals surface area contributed by atoms with Crippen molar-refractivity contribution in [2.45, 2.75) is 6.92 Å². The summed E-state index contributed by atoms with van der Waals surface area (Å²) in [5.41, 5.74) is 0.985.